The van der Waals surface area contributed by atoms with Gasteiger partial charge in [0.15, 0.2) is 11.8 Å². The Morgan fingerprint density at radius 2 is 1.96 bits per heavy atom. The summed E-state index contributed by atoms with van der Waals surface area (Å²) < 4.78 is 2.16. The van der Waals surface area contributed by atoms with Gasteiger partial charge in [-0.05, 0) is 49.9 Å². The third kappa shape index (κ3) is 4.43. The van der Waals surface area contributed by atoms with Crippen molar-refractivity contribution in [1.29, 1.82) is 0 Å². The fraction of sp³-hybridized carbons (Fsp3) is 0.438. The van der Waals surface area contributed by atoms with Crippen LogP contribution in [-0.2, 0) is 19.5 Å². The molecule has 0 spiro atoms. The molecule has 3 rings (SSSR count). The van der Waals surface area contributed by atoms with E-state index in [2.05, 4.69) is 45.0 Å². The summed E-state index contributed by atoms with van der Waals surface area (Å²) >= 11 is 0. The van der Waals surface area contributed by atoms with Crippen LogP contribution < -0.4 is 11.1 Å². The third-order valence-corrected chi connectivity index (χ3v) is 3.82. The molecule has 3 N–H and O–H groups in total. The predicted octanol–water partition coefficient (Wildman–Crippen LogP) is 2.78. The maximum absolute atomic E-state index is 5.98. The summed E-state index contributed by atoms with van der Waals surface area (Å²) in [7, 11) is 0. The SMILES string of the molecule is Cc1cc(C)cc(NC(N)=NCc2nnc3n2CCCC3)c1.I. The quantitative estimate of drug-likeness (QED) is 0.450. The van der Waals surface area contributed by atoms with E-state index in [1.54, 1.807) is 0 Å². The van der Waals surface area contributed by atoms with Gasteiger partial charge in [0.25, 0.3) is 0 Å². The van der Waals surface area contributed by atoms with Crippen molar-refractivity contribution in [2.75, 3.05) is 5.32 Å². The molecule has 0 amide bonds. The second-order valence-electron chi connectivity index (χ2n) is 5.84. The first kappa shape index (κ1) is 17.7. The van der Waals surface area contributed by atoms with Gasteiger partial charge in [0.1, 0.15) is 12.4 Å². The van der Waals surface area contributed by atoms with E-state index < -0.39 is 0 Å². The number of benzene rings is 1. The average molecular weight is 426 g/mol. The molecule has 1 aliphatic heterocycles. The fourth-order valence-corrected chi connectivity index (χ4v) is 2.88. The minimum absolute atomic E-state index is 0. The molecule has 0 radical (unpaired) electrons. The van der Waals surface area contributed by atoms with Crippen molar-refractivity contribution < 1.29 is 0 Å². The monoisotopic (exact) mass is 426 g/mol. The van der Waals surface area contributed by atoms with Crippen LogP contribution in [0.1, 0.15) is 35.6 Å². The van der Waals surface area contributed by atoms with Crippen LogP contribution in [0.4, 0.5) is 5.69 Å². The molecule has 0 saturated carbocycles. The molecule has 6 nitrogen and oxygen atoms in total. The molecule has 23 heavy (non-hydrogen) atoms. The second kappa shape index (κ2) is 7.76. The van der Waals surface area contributed by atoms with Crippen LogP contribution in [0.2, 0.25) is 0 Å². The Kier molecular flexibility index (Phi) is 5.97. The number of nitrogens with two attached hydrogens (primary N) is 1. The number of aryl methyl sites for hydroxylation is 3. The van der Waals surface area contributed by atoms with Crippen molar-refractivity contribution >= 4 is 35.6 Å². The van der Waals surface area contributed by atoms with Crippen LogP contribution in [0.25, 0.3) is 0 Å². The summed E-state index contributed by atoms with van der Waals surface area (Å²) in [5.74, 6) is 2.36. The van der Waals surface area contributed by atoms with Gasteiger partial charge >= 0.3 is 0 Å². The van der Waals surface area contributed by atoms with Crippen molar-refractivity contribution in [3.05, 3.63) is 41.0 Å². The normalized spacial score (nSPS) is 14.1. The molecule has 0 bridgehead atoms. The molecule has 0 atom stereocenters. The highest BCUT2D eigenvalue weighted by Crippen LogP contribution is 2.15. The number of guanidine groups is 1. The Labute approximate surface area is 153 Å². The number of aliphatic imine (C=N–C) groups is 1. The molecule has 0 unspecified atom stereocenters. The van der Waals surface area contributed by atoms with Gasteiger partial charge in [0.2, 0.25) is 0 Å². The lowest BCUT2D eigenvalue weighted by molar-refractivity contribution is 0.508. The molecule has 0 saturated heterocycles. The molecule has 2 aromatic rings. The molecule has 0 aliphatic carbocycles. The predicted molar refractivity (Wildman–Crippen MR) is 103 cm³/mol. The maximum Gasteiger partial charge on any atom is 0.193 e. The first-order valence-corrected chi connectivity index (χ1v) is 7.68. The van der Waals surface area contributed by atoms with Crippen molar-refractivity contribution in [1.82, 2.24) is 14.8 Å². The first-order chi connectivity index (χ1) is 10.6. The number of fused-ring (bicyclic) bond motifs is 1. The van der Waals surface area contributed by atoms with Gasteiger partial charge in [-0.25, -0.2) is 4.99 Å². The maximum atomic E-state index is 5.98. The minimum Gasteiger partial charge on any atom is -0.370 e. The fourth-order valence-electron chi connectivity index (χ4n) is 2.88. The molecule has 0 fully saturated rings. The molecule has 1 aromatic heterocycles. The van der Waals surface area contributed by atoms with Crippen LogP contribution in [0.3, 0.4) is 0 Å². The smallest absolute Gasteiger partial charge is 0.193 e. The molecule has 124 valence electrons. The molecule has 2 heterocycles. The molecular weight excluding hydrogens is 403 g/mol. The molecule has 1 aliphatic rings. The largest absolute Gasteiger partial charge is 0.370 e. The third-order valence-electron chi connectivity index (χ3n) is 3.82. The summed E-state index contributed by atoms with van der Waals surface area (Å²) in [6, 6.07) is 6.23. The van der Waals surface area contributed by atoms with E-state index in [0.29, 0.717) is 12.5 Å². The Bertz CT molecular complexity index is 686. The molecular formula is C16H23IN6. The second-order valence-corrected chi connectivity index (χ2v) is 5.84. The van der Waals surface area contributed by atoms with E-state index in [1.807, 2.05) is 12.1 Å². The lowest BCUT2D eigenvalue weighted by Gasteiger charge is -2.14. The van der Waals surface area contributed by atoms with E-state index in [-0.39, 0.29) is 24.0 Å². The van der Waals surface area contributed by atoms with Crippen molar-refractivity contribution in [3.63, 3.8) is 0 Å². The average Bonchev–Trinajstić information content (AvgIpc) is 2.87. The van der Waals surface area contributed by atoms with Crippen LogP contribution >= 0.6 is 24.0 Å². The van der Waals surface area contributed by atoms with Crippen LogP contribution in [0.5, 0.6) is 0 Å². The van der Waals surface area contributed by atoms with Gasteiger partial charge in [-0.15, -0.1) is 34.2 Å². The lowest BCUT2D eigenvalue weighted by Crippen LogP contribution is -2.23. The number of hydrogen-bond donors (Lipinski definition) is 2. The van der Waals surface area contributed by atoms with Crippen LogP contribution in [0.15, 0.2) is 23.2 Å². The van der Waals surface area contributed by atoms with E-state index in [9.17, 15) is 0 Å². The van der Waals surface area contributed by atoms with Gasteiger partial charge in [-0.2, -0.15) is 0 Å². The van der Waals surface area contributed by atoms with Crippen LogP contribution in [0, 0.1) is 13.8 Å². The van der Waals surface area contributed by atoms with Crippen molar-refractivity contribution in [2.24, 2.45) is 10.7 Å². The zero-order valence-corrected chi connectivity index (χ0v) is 15.9. The number of nitrogens with zero attached hydrogens (tertiary/aromatic N) is 4. The van der Waals surface area contributed by atoms with E-state index in [4.69, 9.17) is 5.73 Å². The number of halogens is 1. The van der Waals surface area contributed by atoms with Gasteiger partial charge < -0.3 is 15.6 Å². The Morgan fingerprint density at radius 1 is 1.22 bits per heavy atom. The van der Waals surface area contributed by atoms with Gasteiger partial charge in [0, 0.05) is 18.7 Å². The van der Waals surface area contributed by atoms with Gasteiger partial charge in [-0.1, -0.05) is 6.07 Å². The van der Waals surface area contributed by atoms with Crippen molar-refractivity contribution in [3.8, 4) is 0 Å². The summed E-state index contributed by atoms with van der Waals surface area (Å²) in [5, 5.41) is 11.6. The zero-order chi connectivity index (χ0) is 15.5. The van der Waals surface area contributed by atoms with Gasteiger partial charge in [-0.3, -0.25) is 0 Å². The van der Waals surface area contributed by atoms with E-state index in [1.165, 1.54) is 24.0 Å². The van der Waals surface area contributed by atoms with E-state index >= 15 is 0 Å². The summed E-state index contributed by atoms with van der Waals surface area (Å²) in [6.45, 7) is 5.57. The number of nitrogens with one attached hydrogen (secondary N) is 1. The number of hydrogen-bond acceptors (Lipinski definition) is 3. The van der Waals surface area contributed by atoms with Crippen LogP contribution in [-0.4, -0.2) is 20.7 Å². The first-order valence-electron chi connectivity index (χ1n) is 7.68. The topological polar surface area (TPSA) is 81.1 Å². The summed E-state index contributed by atoms with van der Waals surface area (Å²) in [6.07, 6.45) is 3.38. The minimum atomic E-state index is 0. The highest BCUT2D eigenvalue weighted by atomic mass is 127. The molecule has 1 aromatic carbocycles. The standard InChI is InChI=1S/C16H22N6.HI/c1-11-7-12(2)9-13(8-11)19-16(17)18-10-15-21-20-14-5-3-4-6-22(14)15;/h7-9H,3-6,10H2,1-2H3,(H3,17,18,19);1H. The van der Waals surface area contributed by atoms with E-state index in [0.717, 1.165) is 30.3 Å². The molecule has 7 heteroatoms. The van der Waals surface area contributed by atoms with Gasteiger partial charge in [0.05, 0.1) is 0 Å². The number of anilines is 1. The Hall–Kier alpha value is -1.64. The lowest BCUT2D eigenvalue weighted by atomic mass is 10.1. The summed E-state index contributed by atoms with van der Waals surface area (Å²) in [4.78, 5) is 4.39. The van der Waals surface area contributed by atoms with Crippen molar-refractivity contribution in [2.45, 2.75) is 46.2 Å². The highest BCUT2D eigenvalue weighted by molar-refractivity contribution is 14.0. The Balaban J connectivity index is 0.00000192. The number of aromatic nitrogens is 3. The Morgan fingerprint density at radius 3 is 2.70 bits per heavy atom. The highest BCUT2D eigenvalue weighted by Gasteiger charge is 2.15. The number of rotatable bonds is 3. The zero-order valence-electron chi connectivity index (χ0n) is 13.5. The summed E-state index contributed by atoms with van der Waals surface area (Å²) in [5.41, 5.74) is 9.33.